The summed E-state index contributed by atoms with van der Waals surface area (Å²) in [5.74, 6) is 1.29. The molecule has 3 rings (SSSR count). The van der Waals surface area contributed by atoms with Gasteiger partial charge in [-0.15, -0.1) is 0 Å². The van der Waals surface area contributed by atoms with Gasteiger partial charge in [0.05, 0.1) is 11.8 Å². The number of nitrogens with zero attached hydrogens (tertiary/aromatic N) is 4. The van der Waals surface area contributed by atoms with Crippen LogP contribution in [0.2, 0.25) is 0 Å². The van der Waals surface area contributed by atoms with E-state index in [4.69, 9.17) is 0 Å². The number of aromatic nitrogens is 2. The third-order valence-electron chi connectivity index (χ3n) is 3.62. The first-order chi connectivity index (χ1) is 12.0. The van der Waals surface area contributed by atoms with Crippen molar-refractivity contribution in [2.45, 2.75) is 6.92 Å². The number of aromatic hydroxyl groups is 2. The fourth-order valence-electron chi connectivity index (χ4n) is 2.31. The zero-order chi connectivity index (χ0) is 17.8. The van der Waals surface area contributed by atoms with E-state index in [1.165, 1.54) is 0 Å². The minimum atomic E-state index is 0.124. The van der Waals surface area contributed by atoms with Gasteiger partial charge in [-0.1, -0.05) is 24.3 Å². The lowest BCUT2D eigenvalue weighted by molar-refractivity contribution is 0.474. The number of phenols is 2. The Morgan fingerprint density at radius 2 is 1.64 bits per heavy atom. The standard InChI is InChI=1S/C19H18N4O2/c1-13-11-18(22-19(21-13)15-8-4-6-10-17(15)25)23(2)20-12-14-7-3-5-9-16(14)24/h3-12,24-25H,1-2H3/b20-12-. The summed E-state index contributed by atoms with van der Waals surface area (Å²) in [7, 11) is 1.76. The minimum Gasteiger partial charge on any atom is -0.507 e. The minimum absolute atomic E-state index is 0.124. The lowest BCUT2D eigenvalue weighted by atomic mass is 10.2. The number of para-hydroxylation sites is 2. The Labute approximate surface area is 145 Å². The van der Waals surface area contributed by atoms with Gasteiger partial charge >= 0.3 is 0 Å². The molecule has 6 heteroatoms. The molecule has 0 radical (unpaired) electrons. The Kier molecular flexibility index (Phi) is 4.61. The molecule has 0 atom stereocenters. The van der Waals surface area contributed by atoms with E-state index in [0.717, 1.165) is 5.69 Å². The largest absolute Gasteiger partial charge is 0.507 e. The van der Waals surface area contributed by atoms with Gasteiger partial charge < -0.3 is 10.2 Å². The van der Waals surface area contributed by atoms with Crippen LogP contribution in [0.3, 0.4) is 0 Å². The van der Waals surface area contributed by atoms with Crippen molar-refractivity contribution in [1.82, 2.24) is 9.97 Å². The van der Waals surface area contributed by atoms with E-state index in [9.17, 15) is 10.2 Å². The number of aryl methyl sites for hydroxylation is 1. The summed E-state index contributed by atoms with van der Waals surface area (Å²) < 4.78 is 0. The van der Waals surface area contributed by atoms with Crippen molar-refractivity contribution in [1.29, 1.82) is 0 Å². The maximum atomic E-state index is 10.0. The van der Waals surface area contributed by atoms with Crippen LogP contribution in [-0.4, -0.2) is 33.4 Å². The van der Waals surface area contributed by atoms with Crippen LogP contribution in [-0.2, 0) is 0 Å². The van der Waals surface area contributed by atoms with E-state index in [1.54, 1.807) is 60.7 Å². The summed E-state index contributed by atoms with van der Waals surface area (Å²) in [5.41, 5.74) is 1.93. The zero-order valence-electron chi connectivity index (χ0n) is 14.0. The SMILES string of the molecule is Cc1cc(N(C)/N=C\c2ccccc2O)nc(-c2ccccc2O)n1. The molecular formula is C19H18N4O2. The molecule has 0 aliphatic carbocycles. The van der Waals surface area contributed by atoms with Gasteiger partial charge in [-0.25, -0.2) is 9.97 Å². The average molecular weight is 334 g/mol. The number of phenolic OH excluding ortho intramolecular Hbond substituents is 2. The van der Waals surface area contributed by atoms with Crippen LogP contribution in [0, 0.1) is 6.92 Å². The first-order valence-electron chi connectivity index (χ1n) is 7.74. The molecule has 1 aromatic heterocycles. The summed E-state index contributed by atoms with van der Waals surface area (Å²) in [6.07, 6.45) is 1.56. The second kappa shape index (κ2) is 7.00. The number of benzene rings is 2. The van der Waals surface area contributed by atoms with Gasteiger partial charge in [0.2, 0.25) is 0 Å². The Balaban J connectivity index is 1.92. The molecule has 6 nitrogen and oxygen atoms in total. The number of anilines is 1. The number of hydrogen-bond donors (Lipinski definition) is 2. The molecule has 0 saturated carbocycles. The molecule has 1 heterocycles. The van der Waals surface area contributed by atoms with Crippen LogP contribution in [0.1, 0.15) is 11.3 Å². The van der Waals surface area contributed by atoms with E-state index >= 15 is 0 Å². The predicted octanol–water partition coefficient (Wildman–Crippen LogP) is 3.33. The van der Waals surface area contributed by atoms with Gasteiger partial charge in [-0.3, -0.25) is 5.01 Å². The number of hydrazone groups is 1. The van der Waals surface area contributed by atoms with Crippen molar-refractivity contribution in [3.05, 3.63) is 65.9 Å². The zero-order valence-corrected chi connectivity index (χ0v) is 14.0. The van der Waals surface area contributed by atoms with Crippen LogP contribution < -0.4 is 5.01 Å². The lowest BCUT2D eigenvalue weighted by Gasteiger charge is -2.14. The normalized spacial score (nSPS) is 11.0. The van der Waals surface area contributed by atoms with E-state index in [1.807, 2.05) is 19.1 Å². The van der Waals surface area contributed by atoms with E-state index in [-0.39, 0.29) is 11.5 Å². The molecule has 0 amide bonds. The quantitative estimate of drug-likeness (QED) is 0.565. The van der Waals surface area contributed by atoms with Gasteiger partial charge in [0.15, 0.2) is 11.6 Å². The third-order valence-corrected chi connectivity index (χ3v) is 3.62. The second-order valence-electron chi connectivity index (χ2n) is 5.54. The molecular weight excluding hydrogens is 316 g/mol. The monoisotopic (exact) mass is 334 g/mol. The summed E-state index contributed by atoms with van der Waals surface area (Å²) in [6, 6.07) is 15.7. The van der Waals surface area contributed by atoms with Gasteiger partial charge in [0, 0.05) is 24.4 Å². The van der Waals surface area contributed by atoms with E-state index in [0.29, 0.717) is 22.8 Å². The van der Waals surface area contributed by atoms with Crippen molar-refractivity contribution < 1.29 is 10.2 Å². The molecule has 0 aliphatic rings. The van der Waals surface area contributed by atoms with Crippen molar-refractivity contribution in [2.75, 3.05) is 12.1 Å². The average Bonchev–Trinajstić information content (AvgIpc) is 2.60. The summed E-state index contributed by atoms with van der Waals surface area (Å²) in [4.78, 5) is 8.87. The molecule has 0 fully saturated rings. The molecule has 0 saturated heterocycles. The predicted molar refractivity (Wildman–Crippen MR) is 98.0 cm³/mol. The Morgan fingerprint density at radius 1 is 0.960 bits per heavy atom. The van der Waals surface area contributed by atoms with Gasteiger partial charge in [0.1, 0.15) is 11.5 Å². The van der Waals surface area contributed by atoms with E-state index < -0.39 is 0 Å². The highest BCUT2D eigenvalue weighted by molar-refractivity contribution is 5.83. The van der Waals surface area contributed by atoms with Crippen molar-refractivity contribution in [3.63, 3.8) is 0 Å². The summed E-state index contributed by atoms with van der Waals surface area (Å²) >= 11 is 0. The van der Waals surface area contributed by atoms with Crippen LogP contribution >= 0.6 is 0 Å². The molecule has 0 unspecified atom stereocenters. The molecule has 126 valence electrons. The Morgan fingerprint density at radius 3 is 2.36 bits per heavy atom. The molecule has 3 aromatic rings. The summed E-state index contributed by atoms with van der Waals surface area (Å²) in [6.45, 7) is 1.86. The highest BCUT2D eigenvalue weighted by Gasteiger charge is 2.11. The maximum absolute atomic E-state index is 10.0. The van der Waals surface area contributed by atoms with Crippen molar-refractivity contribution >= 4 is 12.0 Å². The fourth-order valence-corrected chi connectivity index (χ4v) is 2.31. The second-order valence-corrected chi connectivity index (χ2v) is 5.54. The Hall–Kier alpha value is -3.41. The molecule has 2 N–H and O–H groups in total. The topological polar surface area (TPSA) is 81.8 Å². The smallest absolute Gasteiger partial charge is 0.165 e. The first kappa shape index (κ1) is 16.4. The van der Waals surface area contributed by atoms with Crippen LogP contribution in [0.4, 0.5) is 5.82 Å². The van der Waals surface area contributed by atoms with E-state index in [2.05, 4.69) is 15.1 Å². The molecule has 25 heavy (non-hydrogen) atoms. The van der Waals surface area contributed by atoms with Crippen LogP contribution in [0.25, 0.3) is 11.4 Å². The lowest BCUT2D eigenvalue weighted by Crippen LogP contribution is -2.12. The van der Waals surface area contributed by atoms with Gasteiger partial charge in [0.25, 0.3) is 0 Å². The molecule has 0 spiro atoms. The van der Waals surface area contributed by atoms with Crippen LogP contribution in [0.5, 0.6) is 11.5 Å². The van der Waals surface area contributed by atoms with Gasteiger partial charge in [-0.05, 0) is 31.2 Å². The highest BCUT2D eigenvalue weighted by Crippen LogP contribution is 2.27. The van der Waals surface area contributed by atoms with Crippen molar-refractivity contribution in [3.8, 4) is 22.9 Å². The maximum Gasteiger partial charge on any atom is 0.165 e. The number of hydrogen-bond acceptors (Lipinski definition) is 6. The molecule has 0 bridgehead atoms. The van der Waals surface area contributed by atoms with Gasteiger partial charge in [-0.2, -0.15) is 5.10 Å². The summed E-state index contributed by atoms with van der Waals surface area (Å²) in [5, 5.41) is 25.7. The highest BCUT2D eigenvalue weighted by atomic mass is 16.3. The third kappa shape index (κ3) is 3.74. The first-order valence-corrected chi connectivity index (χ1v) is 7.74. The van der Waals surface area contributed by atoms with Crippen molar-refractivity contribution in [2.24, 2.45) is 5.10 Å². The number of rotatable bonds is 4. The Bertz CT molecular complexity index is 925. The van der Waals surface area contributed by atoms with Crippen LogP contribution in [0.15, 0.2) is 59.7 Å². The fraction of sp³-hybridized carbons (Fsp3) is 0.105. The molecule has 2 aromatic carbocycles. The molecule has 0 aliphatic heterocycles.